The zero-order valence-electron chi connectivity index (χ0n) is 33.8. The summed E-state index contributed by atoms with van der Waals surface area (Å²) in [6.45, 7) is 0. The van der Waals surface area contributed by atoms with Gasteiger partial charge < -0.3 is 4.42 Å². The molecule has 0 aliphatic rings. The fourth-order valence-electron chi connectivity index (χ4n) is 6.52. The molecule has 0 radical (unpaired) electrons. The largest absolute Gasteiger partial charge is 0.456 e. The van der Waals surface area contributed by atoms with Crippen molar-refractivity contribution in [3.8, 4) is 44.5 Å². The van der Waals surface area contributed by atoms with Crippen molar-refractivity contribution in [2.75, 3.05) is 0 Å². The molecule has 0 unspecified atom stereocenters. The van der Waals surface area contributed by atoms with Crippen LogP contribution in [0.1, 0.15) is 13.7 Å². The maximum Gasteiger partial charge on any atom is 0.136 e. The van der Waals surface area contributed by atoms with Crippen molar-refractivity contribution in [2.24, 2.45) is 0 Å². The van der Waals surface area contributed by atoms with Gasteiger partial charge >= 0.3 is 0 Å². The van der Waals surface area contributed by atoms with Crippen LogP contribution < -0.4 is 0 Å². The number of para-hydroxylation sites is 1. The molecule has 1 heterocycles. The molecule has 0 atom stereocenters. The lowest BCUT2D eigenvalue weighted by Gasteiger charge is -2.21. The van der Waals surface area contributed by atoms with Crippen LogP contribution in [0.5, 0.6) is 0 Å². The highest BCUT2D eigenvalue weighted by Crippen LogP contribution is 2.50. The molecule has 45 heavy (non-hydrogen) atoms. The first-order valence-corrected chi connectivity index (χ1v) is 14.6. The third kappa shape index (κ3) is 4.02. The van der Waals surface area contributed by atoms with Gasteiger partial charge in [0.15, 0.2) is 0 Å². The summed E-state index contributed by atoms with van der Waals surface area (Å²) < 4.78 is 95.6. The Labute approximate surface area is 275 Å². The van der Waals surface area contributed by atoms with Gasteiger partial charge in [-0.15, -0.1) is 0 Å². The lowest BCUT2D eigenvalue weighted by molar-refractivity contribution is 0.669. The molecule has 1 nitrogen and oxygen atoms in total. The van der Waals surface area contributed by atoms with Crippen LogP contribution in [0.15, 0.2) is 174 Å². The van der Waals surface area contributed by atoms with Crippen molar-refractivity contribution in [3.05, 3.63) is 170 Å². The van der Waals surface area contributed by atoms with Crippen LogP contribution in [0.4, 0.5) is 0 Å². The molecular weight excluding hydrogens is 544 g/mol. The zero-order valence-corrected chi connectivity index (χ0v) is 23.8. The Morgan fingerprint density at radius 3 is 1.51 bits per heavy atom. The summed E-state index contributed by atoms with van der Waals surface area (Å²) >= 11 is 0. The fraction of sp³-hybridized carbons (Fsp3) is 0. The molecule has 9 rings (SSSR count). The van der Waals surface area contributed by atoms with E-state index >= 15 is 0 Å². The van der Waals surface area contributed by atoms with Gasteiger partial charge in [0.25, 0.3) is 0 Å². The summed E-state index contributed by atoms with van der Waals surface area (Å²) in [4.78, 5) is 0. The molecule has 0 spiro atoms. The van der Waals surface area contributed by atoms with Crippen LogP contribution in [0.3, 0.4) is 0 Å². The Hall–Kier alpha value is -5.92. The minimum atomic E-state index is -0.461. The topological polar surface area (TPSA) is 13.1 Å². The Balaban J connectivity index is 1.54. The fourth-order valence-corrected chi connectivity index (χ4v) is 6.52. The molecule has 0 amide bonds. The van der Waals surface area contributed by atoms with Gasteiger partial charge in [-0.05, 0) is 78.6 Å². The molecule has 210 valence electrons. The van der Waals surface area contributed by atoms with Crippen molar-refractivity contribution >= 4 is 43.5 Å². The van der Waals surface area contributed by atoms with Gasteiger partial charge in [0.05, 0.1) is 13.7 Å². The molecule has 1 aromatic heterocycles. The van der Waals surface area contributed by atoms with Gasteiger partial charge in [0, 0.05) is 16.3 Å². The highest BCUT2D eigenvalue weighted by Gasteiger charge is 2.23. The van der Waals surface area contributed by atoms with E-state index in [0.717, 1.165) is 0 Å². The van der Waals surface area contributed by atoms with Gasteiger partial charge in [0.2, 0.25) is 0 Å². The molecule has 0 N–H and O–H groups in total. The highest BCUT2D eigenvalue weighted by atomic mass is 16.3. The average molecular weight is 583 g/mol. The minimum absolute atomic E-state index is 0.0207. The van der Waals surface area contributed by atoms with Gasteiger partial charge in [-0.25, -0.2) is 0 Å². The molecule has 0 bridgehead atoms. The third-order valence-electron chi connectivity index (χ3n) is 8.38. The van der Waals surface area contributed by atoms with Gasteiger partial charge in [-0.3, -0.25) is 0 Å². The summed E-state index contributed by atoms with van der Waals surface area (Å²) in [5, 5.41) is 3.03. The Morgan fingerprint density at radius 1 is 0.356 bits per heavy atom. The van der Waals surface area contributed by atoms with Gasteiger partial charge in [-0.2, -0.15) is 0 Å². The molecule has 0 aliphatic carbocycles. The number of benzene rings is 8. The monoisotopic (exact) mass is 582 g/mol. The SMILES string of the molecule is [2H]c1c([2H])c([2H])c(-c2c3ccccc3c(-c3c([2H])c([2H])c4oc5c([2H])c([2H])c([2H])c([2H])c5c4c3-c3ccccc3)c3ccccc23)c(-c2ccccc2)c1[2H]. The second-order valence-corrected chi connectivity index (χ2v) is 10.8. The Kier molecular flexibility index (Phi) is 4.01. The summed E-state index contributed by atoms with van der Waals surface area (Å²) in [7, 11) is 0. The van der Waals surface area contributed by atoms with Crippen molar-refractivity contribution < 1.29 is 18.1 Å². The van der Waals surface area contributed by atoms with Crippen LogP contribution in [0.25, 0.3) is 88.0 Å². The predicted octanol–water partition coefficient (Wildman–Crippen LogP) is 12.6. The van der Waals surface area contributed by atoms with Gasteiger partial charge in [-0.1, -0.05) is 151 Å². The minimum Gasteiger partial charge on any atom is -0.456 e. The Morgan fingerprint density at radius 2 is 0.867 bits per heavy atom. The number of rotatable bonds is 4. The maximum atomic E-state index is 9.68. The van der Waals surface area contributed by atoms with Crippen molar-refractivity contribution in [2.45, 2.75) is 0 Å². The summed E-state index contributed by atoms with van der Waals surface area (Å²) in [6.07, 6.45) is 0. The van der Waals surface area contributed by atoms with Crippen LogP contribution in [0.2, 0.25) is 0 Å². The van der Waals surface area contributed by atoms with E-state index in [4.69, 9.17) is 14.0 Å². The second-order valence-electron chi connectivity index (χ2n) is 10.8. The smallest absolute Gasteiger partial charge is 0.136 e. The third-order valence-corrected chi connectivity index (χ3v) is 8.38. The number of fused-ring (bicyclic) bond motifs is 5. The normalized spacial score (nSPS) is 14.7. The van der Waals surface area contributed by atoms with Crippen LogP contribution in [-0.2, 0) is 0 Å². The number of hydrogen-bond acceptors (Lipinski definition) is 1. The van der Waals surface area contributed by atoms with E-state index in [2.05, 4.69) is 0 Å². The molecule has 0 aliphatic heterocycles. The quantitative estimate of drug-likeness (QED) is 0.188. The van der Waals surface area contributed by atoms with E-state index in [1.807, 2.05) is 109 Å². The average Bonchev–Trinajstić information content (AvgIpc) is 3.62. The first-order valence-electron chi connectivity index (χ1n) is 19.6. The first-order chi connectivity index (χ1) is 26.5. The van der Waals surface area contributed by atoms with E-state index in [9.17, 15) is 4.11 Å². The van der Waals surface area contributed by atoms with Crippen molar-refractivity contribution in [1.82, 2.24) is 0 Å². The molecule has 9 aromatic rings. The summed E-state index contributed by atoms with van der Waals surface area (Å²) in [5.41, 5.74) is 3.84. The van der Waals surface area contributed by atoms with Crippen LogP contribution >= 0.6 is 0 Å². The number of hydrogen-bond donors (Lipinski definition) is 0. The van der Waals surface area contributed by atoms with Gasteiger partial charge in [0.1, 0.15) is 11.2 Å². The zero-order chi connectivity index (χ0) is 38.4. The summed E-state index contributed by atoms with van der Waals surface area (Å²) in [5.74, 6) is 0. The number of furan rings is 1. The molecule has 0 fully saturated rings. The van der Waals surface area contributed by atoms with Crippen molar-refractivity contribution in [1.29, 1.82) is 0 Å². The molecule has 8 aromatic carbocycles. The molecule has 1 heteroatoms. The summed E-state index contributed by atoms with van der Waals surface area (Å²) in [6, 6.07) is 30.3. The maximum absolute atomic E-state index is 9.68. The van der Waals surface area contributed by atoms with Crippen molar-refractivity contribution in [3.63, 3.8) is 0 Å². The van der Waals surface area contributed by atoms with E-state index in [0.29, 0.717) is 71.4 Å². The second kappa shape index (κ2) is 10.4. The molecule has 0 saturated heterocycles. The lowest BCUT2D eigenvalue weighted by atomic mass is 9.81. The predicted molar refractivity (Wildman–Crippen MR) is 190 cm³/mol. The van der Waals surface area contributed by atoms with E-state index < -0.39 is 12.1 Å². The van der Waals surface area contributed by atoms with Crippen LogP contribution in [-0.4, -0.2) is 0 Å². The lowest BCUT2D eigenvalue weighted by Crippen LogP contribution is -1.94. The van der Waals surface area contributed by atoms with E-state index in [1.165, 1.54) is 0 Å². The molecular formula is C44H28O. The first kappa shape index (κ1) is 17.4. The van der Waals surface area contributed by atoms with Crippen LogP contribution in [0, 0.1) is 0 Å². The molecule has 0 saturated carbocycles. The highest BCUT2D eigenvalue weighted by molar-refractivity contribution is 6.25. The van der Waals surface area contributed by atoms with E-state index in [-0.39, 0.29) is 64.9 Å². The van der Waals surface area contributed by atoms with E-state index in [1.54, 1.807) is 0 Å². The Bertz CT molecular complexity index is 3030. The standard InChI is InChI=1S/C44H28O/c1-3-15-29(16-4-1)31-19-7-8-20-32(31)42-33-21-9-11-23-35(33)43(36-24-12-10-22-34(36)42)38-27-28-40-44(37-25-13-14-26-39(37)45-40)41(38)30-17-5-2-6-18-30/h1-28H/i7D,8D,13D,14D,19D,20D,25D,26D,27D,28D.